The van der Waals surface area contributed by atoms with Crippen molar-refractivity contribution in [3.8, 4) is 11.4 Å². The molecule has 1 aromatic carbocycles. The Morgan fingerprint density at radius 3 is 3.00 bits per heavy atom. The largest absolute Gasteiger partial charge is 0.466 e. The number of nitrogens with zero attached hydrogens (tertiary/aromatic N) is 3. The molecule has 2 heterocycles. The van der Waals surface area contributed by atoms with Crippen LogP contribution in [-0.4, -0.2) is 38.1 Å². The number of H-pyrrole nitrogens is 1. The Bertz CT molecular complexity index is 913. The molecule has 136 valence electrons. The average Bonchev–Trinajstić information content (AvgIpc) is 3.26. The zero-order chi connectivity index (χ0) is 17.9. The predicted molar refractivity (Wildman–Crippen MR) is 102 cm³/mol. The minimum absolute atomic E-state index is 0.128. The quantitative estimate of drug-likeness (QED) is 0.365. The van der Waals surface area contributed by atoms with Gasteiger partial charge in [-0.1, -0.05) is 30.0 Å². The lowest BCUT2D eigenvalue weighted by Gasteiger charge is -2.08. The molecule has 1 N–H and O–H groups in total. The molecule has 1 fully saturated rings. The van der Waals surface area contributed by atoms with Crippen LogP contribution in [0.2, 0.25) is 0 Å². The first kappa shape index (κ1) is 17.1. The minimum Gasteiger partial charge on any atom is -0.466 e. The molecule has 3 aromatic rings. The van der Waals surface area contributed by atoms with Gasteiger partial charge in [-0.05, 0) is 32.3 Å². The highest BCUT2D eigenvalue weighted by Crippen LogP contribution is 2.42. The van der Waals surface area contributed by atoms with Crippen molar-refractivity contribution in [1.29, 1.82) is 0 Å². The summed E-state index contributed by atoms with van der Waals surface area (Å²) >= 11 is 1.67. The van der Waals surface area contributed by atoms with Gasteiger partial charge < -0.3 is 9.72 Å². The number of carbonyl (C=O) groups is 1. The maximum absolute atomic E-state index is 11.5. The Kier molecular flexibility index (Phi) is 4.97. The molecule has 1 saturated carbocycles. The predicted octanol–water partition coefficient (Wildman–Crippen LogP) is 4.20. The van der Waals surface area contributed by atoms with Crippen LogP contribution in [-0.2, 0) is 9.53 Å². The third-order valence-electron chi connectivity index (χ3n) is 4.47. The third-order valence-corrected chi connectivity index (χ3v) is 5.50. The average molecular weight is 370 g/mol. The molecule has 0 amide bonds. The lowest BCUT2D eigenvalue weighted by Crippen LogP contribution is -2.04. The Morgan fingerprint density at radius 1 is 1.35 bits per heavy atom. The van der Waals surface area contributed by atoms with E-state index in [2.05, 4.69) is 31.9 Å². The maximum atomic E-state index is 11.5. The van der Waals surface area contributed by atoms with Gasteiger partial charge in [0.2, 0.25) is 0 Å². The van der Waals surface area contributed by atoms with Crippen LogP contribution in [0.15, 0.2) is 35.6 Å². The fourth-order valence-electron chi connectivity index (χ4n) is 3.09. The summed E-state index contributed by atoms with van der Waals surface area (Å²) in [6.45, 7) is 2.27. The molecule has 0 saturated heterocycles. The van der Waals surface area contributed by atoms with Gasteiger partial charge in [0.15, 0.2) is 11.0 Å². The van der Waals surface area contributed by atoms with Gasteiger partial charge in [0, 0.05) is 40.9 Å². The molecule has 1 aliphatic rings. The molecule has 0 unspecified atom stereocenters. The van der Waals surface area contributed by atoms with E-state index in [1.165, 1.54) is 18.2 Å². The number of nitrogens with one attached hydrogen (secondary N) is 1. The van der Waals surface area contributed by atoms with Gasteiger partial charge in [0.25, 0.3) is 0 Å². The van der Waals surface area contributed by atoms with Crippen molar-refractivity contribution in [3.05, 3.63) is 30.5 Å². The van der Waals surface area contributed by atoms with E-state index in [0.29, 0.717) is 19.1 Å². The summed E-state index contributed by atoms with van der Waals surface area (Å²) in [7, 11) is 0. The number of fused-ring (bicyclic) bond motifs is 1. The highest BCUT2D eigenvalue weighted by atomic mass is 32.2. The van der Waals surface area contributed by atoms with Gasteiger partial charge in [-0.15, -0.1) is 10.2 Å². The number of aromatic nitrogens is 4. The van der Waals surface area contributed by atoms with E-state index < -0.39 is 0 Å². The van der Waals surface area contributed by atoms with Crippen LogP contribution in [0.25, 0.3) is 22.3 Å². The normalized spacial score (nSPS) is 14.0. The molecule has 6 nitrogen and oxygen atoms in total. The summed E-state index contributed by atoms with van der Waals surface area (Å²) < 4.78 is 7.24. The molecule has 0 radical (unpaired) electrons. The van der Waals surface area contributed by atoms with Crippen molar-refractivity contribution in [2.45, 2.75) is 43.8 Å². The Balaban J connectivity index is 1.52. The zero-order valence-corrected chi connectivity index (χ0v) is 15.6. The van der Waals surface area contributed by atoms with Gasteiger partial charge in [-0.3, -0.25) is 9.36 Å². The SMILES string of the molecule is CCOC(=O)CCCSc1nnc(-c2c[nH]c3ccccc23)n1C1CC1. The van der Waals surface area contributed by atoms with E-state index >= 15 is 0 Å². The summed E-state index contributed by atoms with van der Waals surface area (Å²) in [4.78, 5) is 14.8. The summed E-state index contributed by atoms with van der Waals surface area (Å²) in [5.74, 6) is 1.63. The van der Waals surface area contributed by atoms with Crippen LogP contribution in [0.1, 0.15) is 38.6 Å². The number of hydrogen-bond acceptors (Lipinski definition) is 5. The van der Waals surface area contributed by atoms with Crippen molar-refractivity contribution in [2.75, 3.05) is 12.4 Å². The van der Waals surface area contributed by atoms with Crippen molar-refractivity contribution >= 4 is 28.6 Å². The zero-order valence-electron chi connectivity index (χ0n) is 14.8. The Hall–Kier alpha value is -2.28. The topological polar surface area (TPSA) is 72.8 Å². The van der Waals surface area contributed by atoms with Crippen molar-refractivity contribution < 1.29 is 9.53 Å². The third kappa shape index (κ3) is 3.49. The molecule has 26 heavy (non-hydrogen) atoms. The van der Waals surface area contributed by atoms with Crippen molar-refractivity contribution in [2.24, 2.45) is 0 Å². The number of rotatable bonds is 8. The fourth-order valence-corrected chi connectivity index (χ4v) is 4.04. The van der Waals surface area contributed by atoms with Gasteiger partial charge in [0.1, 0.15) is 0 Å². The first-order valence-electron chi connectivity index (χ1n) is 9.07. The molecule has 0 aliphatic heterocycles. The highest BCUT2D eigenvalue weighted by Gasteiger charge is 2.30. The number of thioether (sulfide) groups is 1. The van der Waals surface area contributed by atoms with E-state index in [-0.39, 0.29) is 5.97 Å². The fraction of sp³-hybridized carbons (Fsp3) is 0.421. The van der Waals surface area contributed by atoms with E-state index in [4.69, 9.17) is 4.74 Å². The Morgan fingerprint density at radius 2 is 2.19 bits per heavy atom. The number of aromatic amines is 1. The number of benzene rings is 1. The molecule has 4 rings (SSSR count). The first-order valence-corrected chi connectivity index (χ1v) is 10.1. The number of para-hydroxylation sites is 1. The number of carbonyl (C=O) groups excluding carboxylic acids is 1. The van der Waals surface area contributed by atoms with Gasteiger partial charge in [0.05, 0.1) is 6.61 Å². The van der Waals surface area contributed by atoms with Crippen LogP contribution >= 0.6 is 11.8 Å². The standard InChI is InChI=1S/C19H22N4O2S/c1-2-25-17(24)8-5-11-26-19-22-21-18(23(19)13-9-10-13)15-12-20-16-7-4-3-6-14(15)16/h3-4,6-7,12-13,20H,2,5,8-11H2,1H3. The van der Waals surface area contributed by atoms with Crippen LogP contribution in [0.3, 0.4) is 0 Å². The molecule has 0 atom stereocenters. The summed E-state index contributed by atoms with van der Waals surface area (Å²) in [5.41, 5.74) is 2.20. The monoisotopic (exact) mass is 370 g/mol. The van der Waals surface area contributed by atoms with Crippen molar-refractivity contribution in [3.63, 3.8) is 0 Å². The van der Waals surface area contributed by atoms with E-state index in [1.54, 1.807) is 11.8 Å². The molecule has 7 heteroatoms. The van der Waals surface area contributed by atoms with Gasteiger partial charge >= 0.3 is 5.97 Å². The van der Waals surface area contributed by atoms with Crippen LogP contribution in [0.5, 0.6) is 0 Å². The smallest absolute Gasteiger partial charge is 0.305 e. The molecular formula is C19H22N4O2S. The maximum Gasteiger partial charge on any atom is 0.305 e. The molecule has 0 bridgehead atoms. The summed E-state index contributed by atoms with van der Waals surface area (Å²) in [6, 6.07) is 8.74. The molecule has 0 spiro atoms. The number of ether oxygens (including phenoxy) is 1. The van der Waals surface area contributed by atoms with Gasteiger partial charge in [-0.25, -0.2) is 0 Å². The number of hydrogen-bond donors (Lipinski definition) is 1. The molecule has 2 aromatic heterocycles. The second kappa shape index (κ2) is 7.53. The first-order chi connectivity index (χ1) is 12.8. The van der Waals surface area contributed by atoms with Crippen LogP contribution < -0.4 is 0 Å². The lowest BCUT2D eigenvalue weighted by atomic mass is 10.1. The van der Waals surface area contributed by atoms with E-state index in [0.717, 1.165) is 34.2 Å². The minimum atomic E-state index is -0.128. The summed E-state index contributed by atoms with van der Waals surface area (Å²) in [5, 5.41) is 11.0. The van der Waals surface area contributed by atoms with Crippen LogP contribution in [0.4, 0.5) is 0 Å². The second-order valence-electron chi connectivity index (χ2n) is 6.41. The Labute approximate surface area is 156 Å². The van der Waals surface area contributed by atoms with E-state index in [9.17, 15) is 4.79 Å². The molecule has 1 aliphatic carbocycles. The van der Waals surface area contributed by atoms with Crippen molar-refractivity contribution in [1.82, 2.24) is 19.7 Å². The highest BCUT2D eigenvalue weighted by molar-refractivity contribution is 7.99. The van der Waals surface area contributed by atoms with E-state index in [1.807, 2.05) is 25.3 Å². The summed E-state index contributed by atoms with van der Waals surface area (Å²) in [6.07, 6.45) is 5.59. The molecular weight excluding hydrogens is 348 g/mol. The van der Waals surface area contributed by atoms with Gasteiger partial charge in [-0.2, -0.15) is 0 Å². The number of esters is 1. The lowest BCUT2D eigenvalue weighted by molar-refractivity contribution is -0.143. The van der Waals surface area contributed by atoms with Crippen LogP contribution in [0, 0.1) is 0 Å². The second-order valence-corrected chi connectivity index (χ2v) is 7.47.